The van der Waals surface area contributed by atoms with Crippen LogP contribution in [0.15, 0.2) is 28.7 Å². The van der Waals surface area contributed by atoms with Crippen LogP contribution < -0.4 is 10.2 Å². The maximum Gasteiger partial charge on any atom is 0.293 e. The summed E-state index contributed by atoms with van der Waals surface area (Å²) in [5.74, 6) is 1.42. The molecule has 6 heteroatoms. The Morgan fingerprint density at radius 1 is 1.31 bits per heavy atom. The van der Waals surface area contributed by atoms with Crippen molar-refractivity contribution < 1.29 is 13.9 Å². The average Bonchev–Trinajstić information content (AvgIpc) is 3.36. The maximum absolute atomic E-state index is 12.5. The summed E-state index contributed by atoms with van der Waals surface area (Å²) < 4.78 is 11.2. The van der Waals surface area contributed by atoms with E-state index in [-0.39, 0.29) is 5.91 Å². The van der Waals surface area contributed by atoms with E-state index < -0.39 is 0 Å². The number of nitrogens with zero attached hydrogens (tertiary/aromatic N) is 2. The van der Waals surface area contributed by atoms with Crippen LogP contribution in [0.25, 0.3) is 0 Å². The highest BCUT2D eigenvalue weighted by atomic mass is 16.5. The first-order chi connectivity index (χ1) is 12.6. The largest absolute Gasteiger partial charge is 0.435 e. The van der Waals surface area contributed by atoms with Crippen molar-refractivity contribution in [3.8, 4) is 0 Å². The number of rotatable bonds is 5. The fourth-order valence-electron chi connectivity index (χ4n) is 3.35. The van der Waals surface area contributed by atoms with Gasteiger partial charge >= 0.3 is 0 Å². The summed E-state index contributed by atoms with van der Waals surface area (Å²) in [7, 11) is 0. The molecule has 1 aliphatic carbocycles. The van der Waals surface area contributed by atoms with Gasteiger partial charge in [0.2, 0.25) is 5.76 Å². The van der Waals surface area contributed by atoms with Crippen LogP contribution >= 0.6 is 0 Å². The smallest absolute Gasteiger partial charge is 0.293 e. The average molecular weight is 355 g/mol. The highest BCUT2D eigenvalue weighted by Crippen LogP contribution is 2.32. The lowest BCUT2D eigenvalue weighted by molar-refractivity contribution is 0.0989. The van der Waals surface area contributed by atoms with Crippen molar-refractivity contribution >= 4 is 17.3 Å². The third kappa shape index (κ3) is 3.75. The zero-order valence-electron chi connectivity index (χ0n) is 15.3. The van der Waals surface area contributed by atoms with E-state index in [1.165, 1.54) is 12.8 Å². The first-order valence-electron chi connectivity index (χ1n) is 9.32. The van der Waals surface area contributed by atoms with E-state index in [2.05, 4.69) is 22.1 Å². The number of aryl methyl sites for hydroxylation is 1. The van der Waals surface area contributed by atoms with Crippen LogP contribution in [0.2, 0.25) is 0 Å². The first-order valence-corrected chi connectivity index (χ1v) is 9.32. The van der Waals surface area contributed by atoms with E-state index in [0.717, 1.165) is 37.6 Å². The zero-order chi connectivity index (χ0) is 18.1. The van der Waals surface area contributed by atoms with Gasteiger partial charge < -0.3 is 19.4 Å². The van der Waals surface area contributed by atoms with Gasteiger partial charge in [-0.25, -0.2) is 4.98 Å². The molecule has 1 amide bonds. The Hall–Kier alpha value is -2.34. The normalized spacial score (nSPS) is 20.2. The number of benzene rings is 1. The van der Waals surface area contributed by atoms with Crippen LogP contribution in [-0.2, 0) is 11.2 Å². The molecule has 2 aromatic rings. The van der Waals surface area contributed by atoms with Gasteiger partial charge in [0.15, 0.2) is 5.89 Å². The number of hydrogen-bond donors (Lipinski definition) is 1. The molecule has 1 saturated carbocycles. The Morgan fingerprint density at radius 3 is 2.77 bits per heavy atom. The molecule has 1 N–H and O–H groups in total. The van der Waals surface area contributed by atoms with Crippen molar-refractivity contribution in [3.63, 3.8) is 0 Å². The minimum Gasteiger partial charge on any atom is -0.435 e. The van der Waals surface area contributed by atoms with Gasteiger partial charge in [0.25, 0.3) is 5.91 Å². The number of carbonyl (C=O) groups is 1. The molecule has 2 heterocycles. The van der Waals surface area contributed by atoms with Gasteiger partial charge in [0.05, 0.1) is 18.9 Å². The predicted octanol–water partition coefficient (Wildman–Crippen LogP) is 3.41. The van der Waals surface area contributed by atoms with Crippen molar-refractivity contribution in [2.45, 2.75) is 39.2 Å². The third-order valence-electron chi connectivity index (χ3n) is 5.03. The van der Waals surface area contributed by atoms with Crippen LogP contribution in [0.4, 0.5) is 11.4 Å². The summed E-state index contributed by atoms with van der Waals surface area (Å²) in [6, 6.07) is 8.26. The number of ether oxygens (including phenoxy) is 1. The number of amides is 1. The van der Waals surface area contributed by atoms with Crippen molar-refractivity contribution in [1.29, 1.82) is 0 Å². The molecule has 4 rings (SSSR count). The van der Waals surface area contributed by atoms with Crippen LogP contribution in [0.3, 0.4) is 0 Å². The fourth-order valence-corrected chi connectivity index (χ4v) is 3.35. The molecule has 0 unspecified atom stereocenters. The second-order valence-electron chi connectivity index (χ2n) is 7.29. The van der Waals surface area contributed by atoms with E-state index in [1.807, 2.05) is 31.2 Å². The van der Waals surface area contributed by atoms with E-state index in [9.17, 15) is 4.79 Å². The third-order valence-corrected chi connectivity index (χ3v) is 5.03. The highest BCUT2D eigenvalue weighted by Gasteiger charge is 2.26. The second-order valence-corrected chi connectivity index (χ2v) is 7.29. The highest BCUT2D eigenvalue weighted by molar-refractivity contribution is 6.03. The Bertz CT molecular complexity index is 780. The van der Waals surface area contributed by atoms with E-state index in [1.54, 1.807) is 0 Å². The SMILES string of the molecule is Cc1nc(CC2CC2)oc1C(=O)Nc1ccc(N2CCOC[C@@H]2C)cc1. The lowest BCUT2D eigenvalue weighted by Gasteiger charge is -2.35. The summed E-state index contributed by atoms with van der Waals surface area (Å²) >= 11 is 0. The molecule has 0 radical (unpaired) electrons. The predicted molar refractivity (Wildman–Crippen MR) is 99.7 cm³/mol. The maximum atomic E-state index is 12.5. The lowest BCUT2D eigenvalue weighted by Crippen LogP contribution is -2.43. The Balaban J connectivity index is 1.42. The number of aromatic nitrogens is 1. The molecule has 6 nitrogen and oxygen atoms in total. The Kier molecular flexibility index (Phi) is 4.68. The van der Waals surface area contributed by atoms with Gasteiger partial charge in [-0.3, -0.25) is 4.79 Å². The van der Waals surface area contributed by atoms with Crippen LogP contribution in [0.5, 0.6) is 0 Å². The minimum atomic E-state index is -0.246. The molecule has 138 valence electrons. The number of morpholine rings is 1. The number of hydrogen-bond acceptors (Lipinski definition) is 5. The number of oxazole rings is 1. The van der Waals surface area contributed by atoms with E-state index in [0.29, 0.717) is 29.3 Å². The minimum absolute atomic E-state index is 0.246. The molecule has 2 fully saturated rings. The molecular weight excluding hydrogens is 330 g/mol. The van der Waals surface area contributed by atoms with Crippen molar-refractivity contribution in [3.05, 3.63) is 41.6 Å². The van der Waals surface area contributed by atoms with Gasteiger partial charge in [0, 0.05) is 30.4 Å². The van der Waals surface area contributed by atoms with Gasteiger partial charge in [-0.15, -0.1) is 0 Å². The molecule has 1 aromatic heterocycles. The molecule has 0 bridgehead atoms. The molecule has 0 spiro atoms. The number of carbonyl (C=O) groups excluding carboxylic acids is 1. The second kappa shape index (κ2) is 7.11. The van der Waals surface area contributed by atoms with Crippen molar-refractivity contribution in [2.24, 2.45) is 5.92 Å². The quantitative estimate of drug-likeness (QED) is 0.890. The standard InChI is InChI=1S/C20H25N3O3/c1-13-12-25-10-9-23(13)17-7-5-16(6-8-17)22-20(24)19-14(2)21-18(26-19)11-15-3-4-15/h5-8,13,15H,3-4,9-12H2,1-2H3,(H,22,24)/t13-/m0/s1. The topological polar surface area (TPSA) is 67.6 Å². The lowest BCUT2D eigenvalue weighted by atomic mass is 10.2. The van der Waals surface area contributed by atoms with Crippen LogP contribution in [-0.4, -0.2) is 36.7 Å². The summed E-state index contributed by atoms with van der Waals surface area (Å²) in [6.45, 7) is 6.34. The number of nitrogens with one attached hydrogen (secondary N) is 1. The van der Waals surface area contributed by atoms with Gasteiger partial charge in [-0.1, -0.05) is 0 Å². The molecule has 1 atom stereocenters. The summed E-state index contributed by atoms with van der Waals surface area (Å²) in [6.07, 6.45) is 3.30. The summed E-state index contributed by atoms with van der Waals surface area (Å²) in [5, 5.41) is 2.91. The van der Waals surface area contributed by atoms with Crippen LogP contribution in [0.1, 0.15) is 41.9 Å². The zero-order valence-corrected chi connectivity index (χ0v) is 15.3. The molecular formula is C20H25N3O3. The Labute approximate surface area is 153 Å². The van der Waals surface area contributed by atoms with E-state index in [4.69, 9.17) is 9.15 Å². The molecule has 1 aromatic carbocycles. The van der Waals surface area contributed by atoms with Gasteiger partial charge in [-0.05, 0) is 56.9 Å². The van der Waals surface area contributed by atoms with E-state index >= 15 is 0 Å². The summed E-state index contributed by atoms with van der Waals surface area (Å²) in [5.41, 5.74) is 2.54. The molecule has 2 aliphatic rings. The molecule has 1 aliphatic heterocycles. The molecule has 1 saturated heterocycles. The monoisotopic (exact) mass is 355 g/mol. The number of anilines is 2. The van der Waals surface area contributed by atoms with Gasteiger partial charge in [0.1, 0.15) is 0 Å². The van der Waals surface area contributed by atoms with Crippen LogP contribution in [0, 0.1) is 12.8 Å². The van der Waals surface area contributed by atoms with Crippen molar-refractivity contribution in [2.75, 3.05) is 30.0 Å². The summed E-state index contributed by atoms with van der Waals surface area (Å²) in [4.78, 5) is 19.2. The first kappa shape index (κ1) is 17.1. The Morgan fingerprint density at radius 2 is 2.08 bits per heavy atom. The van der Waals surface area contributed by atoms with Gasteiger partial charge in [-0.2, -0.15) is 0 Å². The van der Waals surface area contributed by atoms with Crippen molar-refractivity contribution in [1.82, 2.24) is 4.98 Å². The molecule has 26 heavy (non-hydrogen) atoms. The fraction of sp³-hybridized carbons (Fsp3) is 0.500.